The van der Waals surface area contributed by atoms with Crippen LogP contribution < -0.4 is 0 Å². The molecular weight excluding hydrogens is 190 g/mol. The molecule has 0 aromatic rings. The lowest BCUT2D eigenvalue weighted by atomic mass is 10.0. The fourth-order valence-electron chi connectivity index (χ4n) is 1.41. The third-order valence-corrected chi connectivity index (χ3v) is 2.11. The standard InChI is InChI=1S/C8H11NO5/c1-14-4-6(10)5-2-3-9(7(5)11)8(12)13/h5H,2-4H2,1H3,(H,12,13). The van der Waals surface area contributed by atoms with Gasteiger partial charge in [0.2, 0.25) is 5.91 Å². The second kappa shape index (κ2) is 4.19. The molecule has 1 atom stereocenters. The van der Waals surface area contributed by atoms with Gasteiger partial charge in [0.15, 0.2) is 5.78 Å². The van der Waals surface area contributed by atoms with Gasteiger partial charge in [0.05, 0.1) is 0 Å². The summed E-state index contributed by atoms with van der Waals surface area (Å²) in [4.78, 5) is 33.8. The van der Waals surface area contributed by atoms with Crippen LogP contribution in [-0.4, -0.2) is 48.1 Å². The molecule has 0 spiro atoms. The highest BCUT2D eigenvalue weighted by molar-refractivity contribution is 6.07. The van der Waals surface area contributed by atoms with Crippen LogP contribution in [-0.2, 0) is 14.3 Å². The molecule has 6 heteroatoms. The second-order valence-corrected chi connectivity index (χ2v) is 3.01. The van der Waals surface area contributed by atoms with Crippen molar-refractivity contribution >= 4 is 17.8 Å². The Morgan fingerprint density at radius 2 is 2.29 bits per heavy atom. The molecule has 1 heterocycles. The van der Waals surface area contributed by atoms with E-state index < -0.39 is 17.9 Å². The predicted molar refractivity (Wildman–Crippen MR) is 44.7 cm³/mol. The van der Waals surface area contributed by atoms with E-state index in [0.717, 1.165) is 0 Å². The number of hydrogen-bond donors (Lipinski definition) is 1. The number of carboxylic acid groups (broad SMARTS) is 1. The largest absolute Gasteiger partial charge is 0.465 e. The van der Waals surface area contributed by atoms with Gasteiger partial charge in [-0.1, -0.05) is 0 Å². The maximum atomic E-state index is 11.3. The second-order valence-electron chi connectivity index (χ2n) is 3.01. The van der Waals surface area contributed by atoms with Gasteiger partial charge in [0, 0.05) is 13.7 Å². The number of Topliss-reactive ketones (excluding diaryl/α,β-unsaturated/α-hetero) is 1. The van der Waals surface area contributed by atoms with Crippen LogP contribution in [0.5, 0.6) is 0 Å². The molecule has 78 valence electrons. The average molecular weight is 201 g/mol. The van der Waals surface area contributed by atoms with Gasteiger partial charge >= 0.3 is 6.09 Å². The van der Waals surface area contributed by atoms with E-state index in [2.05, 4.69) is 4.74 Å². The van der Waals surface area contributed by atoms with Crippen molar-refractivity contribution in [3.8, 4) is 0 Å². The first-order valence-corrected chi connectivity index (χ1v) is 4.14. The Labute approximate surface area is 80.4 Å². The lowest BCUT2D eigenvalue weighted by molar-refractivity contribution is -0.137. The predicted octanol–water partition coefficient (Wildman–Crippen LogP) is -0.272. The third kappa shape index (κ3) is 1.90. The fourth-order valence-corrected chi connectivity index (χ4v) is 1.41. The van der Waals surface area contributed by atoms with Crippen LogP contribution in [0.1, 0.15) is 6.42 Å². The van der Waals surface area contributed by atoms with E-state index >= 15 is 0 Å². The van der Waals surface area contributed by atoms with Gasteiger partial charge in [0.1, 0.15) is 12.5 Å². The van der Waals surface area contributed by atoms with Crippen LogP contribution >= 0.6 is 0 Å². The number of carbonyl (C=O) groups is 3. The zero-order chi connectivity index (χ0) is 10.7. The summed E-state index contributed by atoms with van der Waals surface area (Å²) in [6.45, 7) is -0.0574. The number of hydrogen-bond acceptors (Lipinski definition) is 4. The summed E-state index contributed by atoms with van der Waals surface area (Å²) in [7, 11) is 1.35. The Balaban J connectivity index is 2.64. The number of rotatable bonds is 3. The number of nitrogens with zero attached hydrogens (tertiary/aromatic N) is 1. The Hall–Kier alpha value is -1.43. The van der Waals surface area contributed by atoms with Gasteiger partial charge < -0.3 is 9.84 Å². The van der Waals surface area contributed by atoms with Crippen molar-refractivity contribution in [3.63, 3.8) is 0 Å². The fraction of sp³-hybridized carbons (Fsp3) is 0.625. The Morgan fingerprint density at radius 3 is 2.71 bits per heavy atom. The summed E-state index contributed by atoms with van der Waals surface area (Å²) in [6.07, 6.45) is -1.05. The Bertz CT molecular complexity index is 275. The van der Waals surface area contributed by atoms with Gasteiger partial charge in [-0.3, -0.25) is 9.59 Å². The summed E-state index contributed by atoms with van der Waals surface area (Å²) in [5.74, 6) is -1.84. The molecule has 6 nitrogen and oxygen atoms in total. The molecule has 0 bridgehead atoms. The van der Waals surface area contributed by atoms with Crippen LogP contribution in [0.25, 0.3) is 0 Å². The molecule has 1 fully saturated rings. The first kappa shape index (κ1) is 10.6. The molecule has 0 aromatic heterocycles. The number of carbonyl (C=O) groups excluding carboxylic acids is 2. The molecule has 0 aliphatic carbocycles. The average Bonchev–Trinajstić information content (AvgIpc) is 2.47. The SMILES string of the molecule is COCC(=O)C1CCN(C(=O)O)C1=O. The third-order valence-electron chi connectivity index (χ3n) is 2.11. The molecular formula is C8H11NO5. The molecule has 14 heavy (non-hydrogen) atoms. The molecule has 1 aliphatic heterocycles. The van der Waals surface area contributed by atoms with E-state index in [0.29, 0.717) is 4.90 Å². The normalized spacial score (nSPS) is 21.4. The number of amides is 2. The van der Waals surface area contributed by atoms with Crippen molar-refractivity contribution < 1.29 is 24.2 Å². The van der Waals surface area contributed by atoms with Crippen molar-refractivity contribution in [3.05, 3.63) is 0 Å². The molecule has 1 aliphatic rings. The molecule has 0 radical (unpaired) electrons. The van der Waals surface area contributed by atoms with Gasteiger partial charge in [0.25, 0.3) is 0 Å². The summed E-state index contributed by atoms with van der Waals surface area (Å²) in [5, 5.41) is 8.58. The van der Waals surface area contributed by atoms with Crippen LogP contribution in [0.3, 0.4) is 0 Å². The summed E-state index contributed by atoms with van der Waals surface area (Å²) in [6, 6.07) is 0. The van der Waals surface area contributed by atoms with Crippen molar-refractivity contribution in [2.45, 2.75) is 6.42 Å². The summed E-state index contributed by atoms with van der Waals surface area (Å²) >= 11 is 0. The molecule has 0 aromatic carbocycles. The zero-order valence-corrected chi connectivity index (χ0v) is 7.73. The van der Waals surface area contributed by atoms with E-state index in [4.69, 9.17) is 5.11 Å². The van der Waals surface area contributed by atoms with Gasteiger partial charge in [-0.05, 0) is 6.42 Å². The van der Waals surface area contributed by atoms with Gasteiger partial charge in [-0.2, -0.15) is 0 Å². The molecule has 1 rings (SSSR count). The summed E-state index contributed by atoms with van der Waals surface area (Å²) in [5.41, 5.74) is 0. The van der Waals surface area contributed by atoms with Crippen LogP contribution in [0.15, 0.2) is 0 Å². The minimum Gasteiger partial charge on any atom is -0.465 e. The number of ether oxygens (including phenoxy) is 1. The molecule has 2 amide bonds. The highest BCUT2D eigenvalue weighted by Crippen LogP contribution is 2.18. The van der Waals surface area contributed by atoms with E-state index in [1.165, 1.54) is 7.11 Å². The van der Waals surface area contributed by atoms with E-state index in [1.807, 2.05) is 0 Å². The summed E-state index contributed by atoms with van der Waals surface area (Å²) < 4.78 is 4.59. The number of imide groups is 1. The van der Waals surface area contributed by atoms with E-state index in [-0.39, 0.29) is 25.4 Å². The topological polar surface area (TPSA) is 83.9 Å². The quantitative estimate of drug-likeness (QED) is 0.635. The van der Waals surface area contributed by atoms with Crippen molar-refractivity contribution in [1.82, 2.24) is 4.90 Å². The lowest BCUT2D eigenvalue weighted by Crippen LogP contribution is -2.35. The number of likely N-dealkylation sites (tertiary alicyclic amines) is 1. The number of methoxy groups -OCH3 is 1. The highest BCUT2D eigenvalue weighted by Gasteiger charge is 2.39. The Kier molecular flexibility index (Phi) is 3.19. The van der Waals surface area contributed by atoms with Crippen LogP contribution in [0.2, 0.25) is 0 Å². The first-order chi connectivity index (χ1) is 6.57. The van der Waals surface area contributed by atoms with Crippen molar-refractivity contribution in [1.29, 1.82) is 0 Å². The van der Waals surface area contributed by atoms with Gasteiger partial charge in [-0.15, -0.1) is 0 Å². The number of ketones is 1. The van der Waals surface area contributed by atoms with Crippen LogP contribution in [0, 0.1) is 5.92 Å². The minimum absolute atomic E-state index is 0.0916. The van der Waals surface area contributed by atoms with Crippen molar-refractivity contribution in [2.24, 2.45) is 5.92 Å². The molecule has 1 N–H and O–H groups in total. The molecule has 1 unspecified atom stereocenters. The highest BCUT2D eigenvalue weighted by atomic mass is 16.5. The van der Waals surface area contributed by atoms with Crippen molar-refractivity contribution in [2.75, 3.05) is 20.3 Å². The maximum Gasteiger partial charge on any atom is 0.414 e. The first-order valence-electron chi connectivity index (χ1n) is 4.14. The zero-order valence-electron chi connectivity index (χ0n) is 7.73. The molecule has 0 saturated carbocycles. The smallest absolute Gasteiger partial charge is 0.414 e. The van der Waals surface area contributed by atoms with E-state index in [9.17, 15) is 14.4 Å². The van der Waals surface area contributed by atoms with Crippen LogP contribution in [0.4, 0.5) is 4.79 Å². The minimum atomic E-state index is -1.30. The molecule has 1 saturated heterocycles. The maximum absolute atomic E-state index is 11.3. The van der Waals surface area contributed by atoms with Gasteiger partial charge in [-0.25, -0.2) is 9.69 Å². The Morgan fingerprint density at radius 1 is 1.64 bits per heavy atom. The monoisotopic (exact) mass is 201 g/mol. The van der Waals surface area contributed by atoms with E-state index in [1.54, 1.807) is 0 Å². The lowest BCUT2D eigenvalue weighted by Gasteiger charge is -2.09.